The van der Waals surface area contributed by atoms with E-state index < -0.39 is 0 Å². The molecule has 2 heteroatoms. The van der Waals surface area contributed by atoms with Crippen molar-refractivity contribution in [1.29, 1.82) is 0 Å². The summed E-state index contributed by atoms with van der Waals surface area (Å²) in [5.41, 5.74) is 3.80. The minimum atomic E-state index is 0.202. The fourth-order valence-corrected chi connectivity index (χ4v) is 3.46. The predicted molar refractivity (Wildman–Crippen MR) is 90.5 cm³/mol. The van der Waals surface area contributed by atoms with E-state index in [0.29, 0.717) is 12.0 Å². The summed E-state index contributed by atoms with van der Waals surface area (Å²) in [6.07, 6.45) is 2.06. The van der Waals surface area contributed by atoms with E-state index in [-0.39, 0.29) is 5.91 Å². The van der Waals surface area contributed by atoms with Crippen molar-refractivity contribution in [2.75, 3.05) is 6.54 Å². The molecule has 2 unspecified atom stereocenters. The van der Waals surface area contributed by atoms with Gasteiger partial charge in [0.2, 0.25) is 5.91 Å². The zero-order chi connectivity index (χ0) is 15.5. The average molecular weight is 293 g/mol. The number of benzene rings is 2. The zero-order valence-electron chi connectivity index (χ0n) is 13.3. The summed E-state index contributed by atoms with van der Waals surface area (Å²) in [6, 6.07) is 19.5. The molecule has 2 aromatic rings. The second kappa shape index (κ2) is 6.35. The molecule has 0 saturated carbocycles. The van der Waals surface area contributed by atoms with Gasteiger partial charge in [0.15, 0.2) is 0 Å². The van der Waals surface area contributed by atoms with Crippen molar-refractivity contribution in [3.05, 3.63) is 60.2 Å². The van der Waals surface area contributed by atoms with Gasteiger partial charge < -0.3 is 4.90 Å². The van der Waals surface area contributed by atoms with E-state index >= 15 is 0 Å². The number of carbonyl (C=O) groups excluding carboxylic acids is 1. The second-order valence-electron chi connectivity index (χ2n) is 6.32. The van der Waals surface area contributed by atoms with Crippen molar-refractivity contribution in [2.24, 2.45) is 5.92 Å². The largest absolute Gasteiger partial charge is 0.339 e. The molecule has 0 aliphatic carbocycles. The first-order valence-corrected chi connectivity index (χ1v) is 8.06. The molecule has 0 N–H and O–H groups in total. The van der Waals surface area contributed by atoms with E-state index in [9.17, 15) is 4.79 Å². The second-order valence-corrected chi connectivity index (χ2v) is 6.32. The lowest BCUT2D eigenvalue weighted by Gasteiger charge is -2.26. The fourth-order valence-electron chi connectivity index (χ4n) is 3.46. The van der Waals surface area contributed by atoms with Gasteiger partial charge in [0.1, 0.15) is 0 Å². The highest BCUT2D eigenvalue weighted by molar-refractivity contribution is 5.74. The van der Waals surface area contributed by atoms with E-state index in [2.05, 4.69) is 55.5 Å². The Balaban J connectivity index is 1.82. The average Bonchev–Trinajstić information content (AvgIpc) is 2.90. The summed E-state index contributed by atoms with van der Waals surface area (Å²) in [5, 5.41) is 0. The van der Waals surface area contributed by atoms with Gasteiger partial charge in [-0.25, -0.2) is 0 Å². The number of amides is 1. The molecule has 2 aromatic carbocycles. The van der Waals surface area contributed by atoms with Crippen molar-refractivity contribution >= 4 is 5.91 Å². The standard InChI is InChI=1S/C20H23NO/c1-15-11-12-21(16(2)22)20(15)14-17-7-6-10-19(13-17)18-8-4-3-5-9-18/h3-10,13,15,20H,11-12,14H2,1-2H3. The molecule has 2 nitrogen and oxygen atoms in total. The van der Waals surface area contributed by atoms with E-state index in [0.717, 1.165) is 19.4 Å². The molecule has 0 spiro atoms. The van der Waals surface area contributed by atoms with Crippen LogP contribution in [0.4, 0.5) is 0 Å². The molecule has 0 aromatic heterocycles. The van der Waals surface area contributed by atoms with Crippen LogP contribution in [0, 0.1) is 5.92 Å². The van der Waals surface area contributed by atoms with E-state index in [1.807, 2.05) is 11.0 Å². The van der Waals surface area contributed by atoms with Crippen LogP contribution in [-0.4, -0.2) is 23.4 Å². The molecule has 1 heterocycles. The van der Waals surface area contributed by atoms with Gasteiger partial charge in [-0.3, -0.25) is 4.79 Å². The molecule has 1 amide bonds. The van der Waals surface area contributed by atoms with Gasteiger partial charge in [0.25, 0.3) is 0 Å². The molecular weight excluding hydrogens is 270 g/mol. The summed E-state index contributed by atoms with van der Waals surface area (Å²) in [6.45, 7) is 4.85. The molecule has 114 valence electrons. The minimum Gasteiger partial charge on any atom is -0.339 e. The molecule has 1 aliphatic rings. The highest BCUT2D eigenvalue weighted by Crippen LogP contribution is 2.28. The number of rotatable bonds is 3. The van der Waals surface area contributed by atoms with Crippen LogP contribution in [0.25, 0.3) is 11.1 Å². The van der Waals surface area contributed by atoms with Crippen molar-refractivity contribution in [3.8, 4) is 11.1 Å². The van der Waals surface area contributed by atoms with Crippen molar-refractivity contribution < 1.29 is 4.79 Å². The lowest BCUT2D eigenvalue weighted by atomic mass is 9.94. The third-order valence-electron chi connectivity index (χ3n) is 4.77. The number of carbonyl (C=O) groups is 1. The number of hydrogen-bond acceptors (Lipinski definition) is 1. The highest BCUT2D eigenvalue weighted by Gasteiger charge is 2.32. The van der Waals surface area contributed by atoms with E-state index in [4.69, 9.17) is 0 Å². The SMILES string of the molecule is CC(=O)N1CCC(C)C1Cc1cccc(-c2ccccc2)c1. The van der Waals surface area contributed by atoms with Crippen LogP contribution in [0.1, 0.15) is 25.8 Å². The van der Waals surface area contributed by atoms with Gasteiger partial charge in [0.05, 0.1) is 0 Å². The molecule has 0 bridgehead atoms. The highest BCUT2D eigenvalue weighted by atomic mass is 16.2. The molecule has 2 atom stereocenters. The van der Waals surface area contributed by atoms with Crippen LogP contribution < -0.4 is 0 Å². The Morgan fingerprint density at radius 2 is 1.82 bits per heavy atom. The Morgan fingerprint density at radius 1 is 1.09 bits per heavy atom. The normalized spacial score (nSPS) is 21.1. The van der Waals surface area contributed by atoms with Gasteiger partial charge in [-0.1, -0.05) is 61.5 Å². The van der Waals surface area contributed by atoms with Crippen LogP contribution >= 0.6 is 0 Å². The number of nitrogens with zero attached hydrogens (tertiary/aromatic N) is 1. The molecular formula is C20H23NO. The van der Waals surface area contributed by atoms with Crippen LogP contribution in [0.15, 0.2) is 54.6 Å². The van der Waals surface area contributed by atoms with Crippen LogP contribution in [0.3, 0.4) is 0 Å². The molecule has 22 heavy (non-hydrogen) atoms. The maximum atomic E-state index is 11.8. The summed E-state index contributed by atoms with van der Waals surface area (Å²) < 4.78 is 0. The van der Waals surface area contributed by atoms with Gasteiger partial charge in [-0.2, -0.15) is 0 Å². The predicted octanol–water partition coefficient (Wildman–Crippen LogP) is 4.15. The maximum Gasteiger partial charge on any atom is 0.219 e. The fraction of sp³-hybridized carbons (Fsp3) is 0.350. The molecule has 1 saturated heterocycles. The van der Waals surface area contributed by atoms with Crippen LogP contribution in [0.2, 0.25) is 0 Å². The summed E-state index contributed by atoms with van der Waals surface area (Å²) in [7, 11) is 0. The summed E-state index contributed by atoms with van der Waals surface area (Å²) in [4.78, 5) is 13.8. The molecule has 0 radical (unpaired) electrons. The molecule has 1 aliphatic heterocycles. The number of hydrogen-bond donors (Lipinski definition) is 0. The first-order chi connectivity index (χ1) is 10.6. The van der Waals surface area contributed by atoms with Crippen LogP contribution in [0.5, 0.6) is 0 Å². The lowest BCUT2D eigenvalue weighted by Crippen LogP contribution is -2.37. The Bertz CT molecular complexity index is 650. The molecule has 3 rings (SSSR count). The van der Waals surface area contributed by atoms with Crippen LogP contribution in [-0.2, 0) is 11.2 Å². The van der Waals surface area contributed by atoms with Crippen molar-refractivity contribution in [2.45, 2.75) is 32.7 Å². The lowest BCUT2D eigenvalue weighted by molar-refractivity contribution is -0.129. The van der Waals surface area contributed by atoms with Gasteiger partial charge in [0, 0.05) is 19.5 Å². The monoisotopic (exact) mass is 293 g/mol. The Morgan fingerprint density at radius 3 is 2.55 bits per heavy atom. The third kappa shape index (κ3) is 3.06. The first kappa shape index (κ1) is 14.8. The van der Waals surface area contributed by atoms with Gasteiger partial charge in [-0.05, 0) is 35.4 Å². The quantitative estimate of drug-likeness (QED) is 0.832. The Kier molecular flexibility index (Phi) is 4.28. The van der Waals surface area contributed by atoms with Crippen molar-refractivity contribution in [1.82, 2.24) is 4.90 Å². The van der Waals surface area contributed by atoms with E-state index in [1.54, 1.807) is 6.92 Å². The number of likely N-dealkylation sites (tertiary alicyclic amines) is 1. The zero-order valence-corrected chi connectivity index (χ0v) is 13.3. The Labute approximate surface area is 132 Å². The molecule has 1 fully saturated rings. The third-order valence-corrected chi connectivity index (χ3v) is 4.77. The van der Waals surface area contributed by atoms with Crippen molar-refractivity contribution in [3.63, 3.8) is 0 Å². The summed E-state index contributed by atoms with van der Waals surface area (Å²) in [5.74, 6) is 0.776. The summed E-state index contributed by atoms with van der Waals surface area (Å²) >= 11 is 0. The van der Waals surface area contributed by atoms with Gasteiger partial charge >= 0.3 is 0 Å². The topological polar surface area (TPSA) is 20.3 Å². The minimum absolute atomic E-state index is 0.202. The smallest absolute Gasteiger partial charge is 0.219 e. The Hall–Kier alpha value is -2.09. The van der Waals surface area contributed by atoms with E-state index in [1.165, 1.54) is 16.7 Å². The first-order valence-electron chi connectivity index (χ1n) is 8.06. The van der Waals surface area contributed by atoms with Gasteiger partial charge in [-0.15, -0.1) is 0 Å². The maximum absolute atomic E-state index is 11.8.